The number of nitrogens with zero attached hydrogens (tertiary/aromatic N) is 1. The number of hydrogen-bond acceptors (Lipinski definition) is 4. The molecule has 1 amide bonds. The van der Waals surface area contributed by atoms with Gasteiger partial charge in [-0.15, -0.1) is 0 Å². The molecule has 0 aliphatic carbocycles. The van der Waals surface area contributed by atoms with Crippen molar-refractivity contribution in [1.82, 2.24) is 10.5 Å². The Hall–Kier alpha value is -2.14. The molecule has 0 aliphatic rings. The molecule has 0 aliphatic heterocycles. The fourth-order valence-corrected chi connectivity index (χ4v) is 2.46. The first kappa shape index (κ1) is 15.3. The highest BCUT2D eigenvalue weighted by molar-refractivity contribution is 5.82. The Bertz CT molecular complexity index is 588. The standard InChI is InChI=1S/C16H21N3O2/c1-10(15-11(2)19-21-12(15)3)18-16(20)14(17)9-13-7-5-4-6-8-13/h4-8,10,14H,9,17H2,1-3H3,(H,18,20)/t10?,14-/m1/s1. The molecular formula is C16H21N3O2. The lowest BCUT2D eigenvalue weighted by Gasteiger charge is -2.17. The Morgan fingerprint density at radius 2 is 2.00 bits per heavy atom. The Balaban J connectivity index is 1.98. The van der Waals surface area contributed by atoms with Crippen molar-refractivity contribution in [1.29, 1.82) is 0 Å². The number of carbonyl (C=O) groups is 1. The van der Waals surface area contributed by atoms with Crippen LogP contribution in [0.1, 0.15) is 35.5 Å². The number of carbonyl (C=O) groups excluding carboxylic acids is 1. The van der Waals surface area contributed by atoms with Crippen molar-refractivity contribution in [3.8, 4) is 0 Å². The van der Waals surface area contributed by atoms with E-state index in [0.29, 0.717) is 6.42 Å². The highest BCUT2D eigenvalue weighted by Crippen LogP contribution is 2.20. The number of rotatable bonds is 5. The molecule has 0 spiro atoms. The molecule has 2 rings (SSSR count). The summed E-state index contributed by atoms with van der Waals surface area (Å²) >= 11 is 0. The normalized spacial score (nSPS) is 13.7. The fourth-order valence-electron chi connectivity index (χ4n) is 2.46. The molecule has 5 heteroatoms. The van der Waals surface area contributed by atoms with Crippen molar-refractivity contribution < 1.29 is 9.32 Å². The van der Waals surface area contributed by atoms with Gasteiger partial charge in [0, 0.05) is 5.56 Å². The number of nitrogens with two attached hydrogens (primary N) is 1. The van der Waals surface area contributed by atoms with Crippen molar-refractivity contribution in [2.45, 2.75) is 39.3 Å². The highest BCUT2D eigenvalue weighted by atomic mass is 16.5. The van der Waals surface area contributed by atoms with Crippen LogP contribution in [0.2, 0.25) is 0 Å². The summed E-state index contributed by atoms with van der Waals surface area (Å²) in [5.74, 6) is 0.545. The molecule has 1 heterocycles. The third-order valence-electron chi connectivity index (χ3n) is 3.52. The summed E-state index contributed by atoms with van der Waals surface area (Å²) in [6, 6.07) is 8.99. The molecule has 2 aromatic rings. The second-order valence-electron chi connectivity index (χ2n) is 5.26. The molecule has 0 saturated heterocycles. The van der Waals surface area contributed by atoms with Crippen LogP contribution >= 0.6 is 0 Å². The highest BCUT2D eigenvalue weighted by Gasteiger charge is 2.21. The predicted molar refractivity (Wildman–Crippen MR) is 80.7 cm³/mol. The van der Waals surface area contributed by atoms with E-state index in [1.54, 1.807) is 0 Å². The average Bonchev–Trinajstić information content (AvgIpc) is 2.79. The van der Waals surface area contributed by atoms with Gasteiger partial charge >= 0.3 is 0 Å². The summed E-state index contributed by atoms with van der Waals surface area (Å²) < 4.78 is 5.12. The zero-order valence-corrected chi connectivity index (χ0v) is 12.6. The fraction of sp³-hybridized carbons (Fsp3) is 0.375. The number of benzene rings is 1. The van der Waals surface area contributed by atoms with E-state index in [-0.39, 0.29) is 11.9 Å². The summed E-state index contributed by atoms with van der Waals surface area (Å²) in [5.41, 5.74) is 8.72. The van der Waals surface area contributed by atoms with E-state index in [1.165, 1.54) is 0 Å². The molecule has 21 heavy (non-hydrogen) atoms. The zero-order chi connectivity index (χ0) is 15.4. The van der Waals surface area contributed by atoms with Crippen molar-refractivity contribution in [3.05, 3.63) is 52.9 Å². The topological polar surface area (TPSA) is 81.2 Å². The van der Waals surface area contributed by atoms with Gasteiger partial charge in [-0.2, -0.15) is 0 Å². The van der Waals surface area contributed by atoms with Crippen LogP contribution < -0.4 is 11.1 Å². The van der Waals surface area contributed by atoms with E-state index in [2.05, 4.69) is 10.5 Å². The summed E-state index contributed by atoms with van der Waals surface area (Å²) in [4.78, 5) is 12.2. The van der Waals surface area contributed by atoms with E-state index in [4.69, 9.17) is 10.3 Å². The van der Waals surface area contributed by atoms with Gasteiger partial charge in [-0.25, -0.2) is 0 Å². The van der Waals surface area contributed by atoms with E-state index >= 15 is 0 Å². The molecule has 0 bridgehead atoms. The molecule has 112 valence electrons. The Morgan fingerprint density at radius 3 is 2.57 bits per heavy atom. The van der Waals surface area contributed by atoms with Gasteiger partial charge in [-0.1, -0.05) is 35.5 Å². The Labute approximate surface area is 124 Å². The van der Waals surface area contributed by atoms with Gasteiger partial charge in [0.05, 0.1) is 17.8 Å². The van der Waals surface area contributed by atoms with Crippen LogP contribution in [0.25, 0.3) is 0 Å². The maximum absolute atomic E-state index is 12.2. The van der Waals surface area contributed by atoms with Gasteiger partial charge in [-0.05, 0) is 32.8 Å². The molecule has 0 fully saturated rings. The second-order valence-corrected chi connectivity index (χ2v) is 5.26. The molecule has 0 saturated carbocycles. The predicted octanol–water partition coefficient (Wildman–Crippen LogP) is 2.04. The monoisotopic (exact) mass is 287 g/mol. The largest absolute Gasteiger partial charge is 0.361 e. The van der Waals surface area contributed by atoms with Crippen LogP contribution in [0.15, 0.2) is 34.9 Å². The van der Waals surface area contributed by atoms with Crippen LogP contribution in [0.5, 0.6) is 0 Å². The number of amides is 1. The van der Waals surface area contributed by atoms with E-state index in [1.807, 2.05) is 51.1 Å². The zero-order valence-electron chi connectivity index (χ0n) is 12.6. The first-order chi connectivity index (χ1) is 9.99. The first-order valence-electron chi connectivity index (χ1n) is 7.01. The van der Waals surface area contributed by atoms with Crippen molar-refractivity contribution in [2.24, 2.45) is 5.73 Å². The lowest BCUT2D eigenvalue weighted by atomic mass is 10.0. The average molecular weight is 287 g/mol. The smallest absolute Gasteiger partial charge is 0.237 e. The number of aryl methyl sites for hydroxylation is 2. The SMILES string of the molecule is Cc1noc(C)c1C(C)NC(=O)[C@H](N)Cc1ccccc1. The molecule has 1 aromatic carbocycles. The van der Waals surface area contributed by atoms with E-state index in [0.717, 1.165) is 22.6 Å². The summed E-state index contributed by atoms with van der Waals surface area (Å²) in [7, 11) is 0. The summed E-state index contributed by atoms with van der Waals surface area (Å²) in [6.45, 7) is 5.60. The van der Waals surface area contributed by atoms with E-state index < -0.39 is 6.04 Å². The maximum Gasteiger partial charge on any atom is 0.237 e. The summed E-state index contributed by atoms with van der Waals surface area (Å²) in [5, 5.41) is 6.82. The second kappa shape index (κ2) is 6.54. The van der Waals surface area contributed by atoms with Gasteiger partial charge in [0.15, 0.2) is 0 Å². The van der Waals surface area contributed by atoms with Gasteiger partial charge in [0.25, 0.3) is 0 Å². The number of nitrogens with one attached hydrogen (secondary N) is 1. The van der Waals surface area contributed by atoms with Crippen LogP contribution in [-0.4, -0.2) is 17.1 Å². The lowest BCUT2D eigenvalue weighted by Crippen LogP contribution is -2.43. The third-order valence-corrected chi connectivity index (χ3v) is 3.52. The molecule has 1 unspecified atom stereocenters. The minimum absolute atomic E-state index is 0.175. The van der Waals surface area contributed by atoms with Gasteiger partial charge < -0.3 is 15.6 Å². The van der Waals surface area contributed by atoms with Crippen LogP contribution in [0.4, 0.5) is 0 Å². The molecular weight excluding hydrogens is 266 g/mol. The summed E-state index contributed by atoms with van der Waals surface area (Å²) in [6.07, 6.45) is 0.515. The molecule has 3 N–H and O–H groups in total. The van der Waals surface area contributed by atoms with Crippen molar-refractivity contribution >= 4 is 5.91 Å². The Morgan fingerprint density at radius 1 is 1.33 bits per heavy atom. The Kier molecular flexibility index (Phi) is 4.75. The van der Waals surface area contributed by atoms with Gasteiger partial charge in [0.2, 0.25) is 5.91 Å². The lowest BCUT2D eigenvalue weighted by molar-refractivity contribution is -0.123. The quantitative estimate of drug-likeness (QED) is 0.881. The van der Waals surface area contributed by atoms with Crippen LogP contribution in [0, 0.1) is 13.8 Å². The molecule has 5 nitrogen and oxygen atoms in total. The van der Waals surface area contributed by atoms with E-state index in [9.17, 15) is 4.79 Å². The molecule has 0 radical (unpaired) electrons. The number of aromatic nitrogens is 1. The molecule has 2 atom stereocenters. The third kappa shape index (κ3) is 3.70. The minimum Gasteiger partial charge on any atom is -0.361 e. The number of hydrogen-bond donors (Lipinski definition) is 2. The van der Waals surface area contributed by atoms with Gasteiger partial charge in [-0.3, -0.25) is 4.79 Å². The van der Waals surface area contributed by atoms with Gasteiger partial charge in [0.1, 0.15) is 5.76 Å². The first-order valence-corrected chi connectivity index (χ1v) is 7.01. The van der Waals surface area contributed by atoms with Crippen LogP contribution in [-0.2, 0) is 11.2 Å². The van der Waals surface area contributed by atoms with Crippen molar-refractivity contribution in [2.75, 3.05) is 0 Å². The maximum atomic E-state index is 12.2. The minimum atomic E-state index is -0.574. The van der Waals surface area contributed by atoms with Crippen LogP contribution in [0.3, 0.4) is 0 Å². The van der Waals surface area contributed by atoms with Crippen molar-refractivity contribution in [3.63, 3.8) is 0 Å². The molecule has 1 aromatic heterocycles.